The molecule has 0 aliphatic carbocycles. The number of rotatable bonds is 15. The molecule has 57 heavy (non-hydrogen) atoms. The van der Waals surface area contributed by atoms with Gasteiger partial charge in [0.05, 0.1) is 26.9 Å². The number of carbonyl (C=O) groups is 1. The van der Waals surface area contributed by atoms with E-state index < -0.39 is 43.7 Å². The summed E-state index contributed by atoms with van der Waals surface area (Å²) in [5, 5.41) is 20.6. The average Bonchev–Trinajstić information content (AvgIpc) is 3.22. The number of benzene rings is 4. The summed E-state index contributed by atoms with van der Waals surface area (Å²) in [6.45, 7) is 7.12. The minimum atomic E-state index is -4.18. The second kappa shape index (κ2) is 17.7. The molecule has 1 N–H and O–H groups in total. The second-order valence-electron chi connectivity index (χ2n) is 14.5. The van der Waals surface area contributed by atoms with Crippen LogP contribution >= 0.6 is 0 Å². The molecule has 4 aromatic carbocycles. The summed E-state index contributed by atoms with van der Waals surface area (Å²) in [7, 11) is -8.22. The molecule has 13 nitrogen and oxygen atoms in total. The summed E-state index contributed by atoms with van der Waals surface area (Å²) >= 11 is 0. The van der Waals surface area contributed by atoms with Gasteiger partial charge in [0, 0.05) is 55.7 Å². The Bertz CT molecular complexity index is 2290. The van der Waals surface area contributed by atoms with Gasteiger partial charge in [0.2, 0.25) is 20.0 Å². The topological polar surface area (TPSA) is 174 Å². The SMILES string of the molecule is C=C(C)[C@@H]1C[C@@H](c2ccc(-c3ccccc3)cc2)[C@@H](CCCC)O[C@H]1c1cc(S(=O)(=O)N2CCN(S(=O)(=O)c3ccc([N+](=O)[O-])cc3)CC2)ccc1OCC(=O)O. The minimum absolute atomic E-state index is 0.00760. The van der Waals surface area contributed by atoms with E-state index in [9.17, 15) is 36.9 Å². The van der Waals surface area contributed by atoms with E-state index in [1.165, 1.54) is 22.5 Å². The van der Waals surface area contributed by atoms with E-state index in [4.69, 9.17) is 9.47 Å². The third-order valence-electron chi connectivity index (χ3n) is 10.7. The molecule has 2 saturated heterocycles. The highest BCUT2D eigenvalue weighted by atomic mass is 32.2. The number of hydrogen-bond acceptors (Lipinski definition) is 9. The van der Waals surface area contributed by atoms with Gasteiger partial charge < -0.3 is 14.6 Å². The number of hydrogen-bond donors (Lipinski definition) is 1. The molecule has 6 rings (SSSR count). The Morgan fingerprint density at radius 1 is 0.877 bits per heavy atom. The average molecular weight is 818 g/mol. The molecule has 0 amide bonds. The van der Waals surface area contributed by atoms with E-state index in [1.54, 1.807) is 0 Å². The van der Waals surface area contributed by atoms with Crippen LogP contribution < -0.4 is 4.74 Å². The Labute approximate surface area is 333 Å². The molecule has 0 radical (unpaired) electrons. The standard InChI is InChI=1S/C42H47N3O10S2/c1-4-5-11-40-37(32-14-12-31(13-15-32)30-9-7-6-8-10-30)27-36(29(2)3)42(55-40)38-26-35(20-21-39(38)54-28-41(46)47)57(52,53)44-24-22-43(23-25-44)56(50,51)34-18-16-33(17-19-34)45(48)49/h6-10,12-21,26,36-37,40,42H,2,4-5,11,22-25,27-28H2,1,3H3,(H,46,47)/t36-,37-,40+,42+/m0/s1. The first-order valence-electron chi connectivity index (χ1n) is 18.9. The summed E-state index contributed by atoms with van der Waals surface area (Å²) in [5.41, 5.74) is 4.30. The van der Waals surface area contributed by atoms with E-state index in [0.29, 0.717) is 12.0 Å². The first kappa shape index (κ1) is 41.7. The molecule has 2 aliphatic rings. The first-order chi connectivity index (χ1) is 27.2. The maximum absolute atomic E-state index is 14.2. The summed E-state index contributed by atoms with van der Waals surface area (Å²) in [6, 6.07) is 27.5. The summed E-state index contributed by atoms with van der Waals surface area (Å²) in [6.07, 6.45) is 2.29. The fraction of sp³-hybridized carbons (Fsp3) is 0.357. The molecule has 0 bridgehead atoms. The van der Waals surface area contributed by atoms with Crippen molar-refractivity contribution in [3.05, 3.63) is 130 Å². The number of nitrogens with zero attached hydrogens (tertiary/aromatic N) is 3. The fourth-order valence-electron chi connectivity index (χ4n) is 7.62. The number of unbranched alkanes of at least 4 members (excludes halogenated alkanes) is 1. The largest absolute Gasteiger partial charge is 0.482 e. The molecule has 2 fully saturated rings. The number of carboxylic acids is 1. The number of piperazine rings is 1. The van der Waals surface area contributed by atoms with Gasteiger partial charge in [-0.25, -0.2) is 21.6 Å². The van der Waals surface area contributed by atoms with Crippen LogP contribution in [0.1, 0.15) is 62.7 Å². The van der Waals surface area contributed by atoms with Crippen LogP contribution in [0.15, 0.2) is 119 Å². The van der Waals surface area contributed by atoms with Crippen LogP contribution in [0.2, 0.25) is 0 Å². The summed E-state index contributed by atoms with van der Waals surface area (Å²) in [4.78, 5) is 21.9. The monoisotopic (exact) mass is 817 g/mol. The van der Waals surface area contributed by atoms with Crippen LogP contribution in [0.25, 0.3) is 11.1 Å². The quantitative estimate of drug-likeness (QED) is 0.0723. The maximum atomic E-state index is 14.2. The zero-order valence-corrected chi connectivity index (χ0v) is 33.5. The molecular weight excluding hydrogens is 771 g/mol. The number of nitro benzene ring substituents is 1. The molecule has 4 atom stereocenters. The predicted molar refractivity (Wildman–Crippen MR) is 215 cm³/mol. The van der Waals surface area contributed by atoms with Gasteiger partial charge in [0.25, 0.3) is 5.69 Å². The number of ether oxygens (including phenoxy) is 2. The zero-order chi connectivity index (χ0) is 40.9. The lowest BCUT2D eigenvalue weighted by molar-refractivity contribution is -0.384. The first-order valence-corrected chi connectivity index (χ1v) is 21.8. The van der Waals surface area contributed by atoms with Gasteiger partial charge in [-0.1, -0.05) is 86.5 Å². The van der Waals surface area contributed by atoms with Gasteiger partial charge in [-0.2, -0.15) is 8.61 Å². The fourth-order valence-corrected chi connectivity index (χ4v) is 10.5. The van der Waals surface area contributed by atoms with Crippen molar-refractivity contribution in [3.8, 4) is 16.9 Å². The van der Waals surface area contributed by atoms with Gasteiger partial charge in [0.15, 0.2) is 6.61 Å². The molecule has 0 saturated carbocycles. The molecule has 0 aromatic heterocycles. The van der Waals surface area contributed by atoms with Crippen LogP contribution in [-0.2, 0) is 29.6 Å². The molecule has 2 heterocycles. The predicted octanol–water partition coefficient (Wildman–Crippen LogP) is 7.42. The van der Waals surface area contributed by atoms with Crippen molar-refractivity contribution >= 4 is 31.7 Å². The van der Waals surface area contributed by atoms with E-state index in [2.05, 4.69) is 49.9 Å². The normalized spacial score (nSPS) is 20.8. The Hall–Kier alpha value is -4.93. The maximum Gasteiger partial charge on any atom is 0.341 e. The third-order valence-corrected chi connectivity index (χ3v) is 14.5. The lowest BCUT2D eigenvalue weighted by Crippen LogP contribution is -2.50. The van der Waals surface area contributed by atoms with Crippen molar-refractivity contribution in [2.75, 3.05) is 32.8 Å². The molecule has 15 heteroatoms. The van der Waals surface area contributed by atoms with E-state index in [1.807, 2.05) is 25.1 Å². The Morgan fingerprint density at radius 3 is 2.02 bits per heavy atom. The van der Waals surface area contributed by atoms with Crippen LogP contribution in [0, 0.1) is 16.0 Å². The van der Waals surface area contributed by atoms with Crippen LogP contribution in [-0.4, -0.2) is 80.3 Å². The van der Waals surface area contributed by atoms with E-state index in [0.717, 1.165) is 70.1 Å². The number of aliphatic carboxylic acids is 1. The van der Waals surface area contributed by atoms with Crippen molar-refractivity contribution in [1.82, 2.24) is 8.61 Å². The smallest absolute Gasteiger partial charge is 0.341 e. The molecule has 0 unspecified atom stereocenters. The molecular formula is C42H47N3O10S2. The molecule has 0 spiro atoms. The number of non-ortho nitro benzene ring substituents is 1. The Balaban J connectivity index is 1.28. The number of sulfonamides is 2. The highest BCUT2D eigenvalue weighted by Crippen LogP contribution is 2.50. The van der Waals surface area contributed by atoms with Crippen molar-refractivity contribution in [1.29, 1.82) is 0 Å². The van der Waals surface area contributed by atoms with E-state index >= 15 is 0 Å². The Morgan fingerprint density at radius 2 is 1.46 bits per heavy atom. The summed E-state index contributed by atoms with van der Waals surface area (Å²) in [5.74, 6) is -1.28. The third kappa shape index (κ3) is 9.29. The zero-order valence-electron chi connectivity index (χ0n) is 31.9. The highest BCUT2D eigenvalue weighted by Gasteiger charge is 2.42. The lowest BCUT2D eigenvalue weighted by atomic mass is 9.74. The lowest BCUT2D eigenvalue weighted by Gasteiger charge is -2.43. The van der Waals surface area contributed by atoms with Crippen molar-refractivity contribution in [2.24, 2.45) is 5.92 Å². The Kier molecular flexibility index (Phi) is 12.9. The van der Waals surface area contributed by atoms with Gasteiger partial charge in [-0.15, -0.1) is 0 Å². The molecule has 2 aliphatic heterocycles. The van der Waals surface area contributed by atoms with Crippen molar-refractivity contribution in [3.63, 3.8) is 0 Å². The highest BCUT2D eigenvalue weighted by molar-refractivity contribution is 7.89. The van der Waals surface area contributed by atoms with Crippen molar-refractivity contribution < 1.29 is 41.1 Å². The van der Waals surface area contributed by atoms with Crippen molar-refractivity contribution in [2.45, 2.75) is 67.4 Å². The number of carboxylic acid groups (broad SMARTS) is 1. The van der Waals surface area contributed by atoms with Crippen LogP contribution in [0.5, 0.6) is 5.75 Å². The van der Waals surface area contributed by atoms with Crippen LogP contribution in [0.3, 0.4) is 0 Å². The van der Waals surface area contributed by atoms with Crippen LogP contribution in [0.4, 0.5) is 5.69 Å². The van der Waals surface area contributed by atoms with Gasteiger partial charge in [0.1, 0.15) is 5.75 Å². The molecule has 4 aromatic rings. The van der Waals surface area contributed by atoms with Gasteiger partial charge in [-0.05, 0) is 66.8 Å². The van der Waals surface area contributed by atoms with Gasteiger partial charge >= 0.3 is 5.97 Å². The van der Waals surface area contributed by atoms with E-state index in [-0.39, 0.29) is 65.3 Å². The second-order valence-corrected chi connectivity index (χ2v) is 18.3. The van der Waals surface area contributed by atoms with Gasteiger partial charge in [-0.3, -0.25) is 10.1 Å². The summed E-state index contributed by atoms with van der Waals surface area (Å²) < 4.78 is 70.2. The number of nitro groups is 1. The molecule has 302 valence electrons. The minimum Gasteiger partial charge on any atom is -0.482 e.